The van der Waals surface area contributed by atoms with E-state index in [0.29, 0.717) is 0 Å². The summed E-state index contributed by atoms with van der Waals surface area (Å²) in [5, 5.41) is 8.04. The Morgan fingerprint density at radius 3 is 2.47 bits per heavy atom. The number of nitrogens with one attached hydrogen (secondary N) is 1. The molecule has 1 N–H and O–H groups in total. The zero-order valence-electron chi connectivity index (χ0n) is 10.4. The van der Waals surface area contributed by atoms with Gasteiger partial charge in [-0.25, -0.2) is 4.98 Å². The number of hydrogen-bond acceptors (Lipinski definition) is 3. The van der Waals surface area contributed by atoms with Crippen molar-refractivity contribution in [1.29, 1.82) is 0 Å². The highest BCUT2D eigenvalue weighted by molar-refractivity contribution is 7.98. The van der Waals surface area contributed by atoms with Crippen molar-refractivity contribution in [2.24, 2.45) is 0 Å². The minimum atomic E-state index is 0.0263. The van der Waals surface area contributed by atoms with Crippen LogP contribution < -0.4 is 0 Å². The van der Waals surface area contributed by atoms with Gasteiger partial charge in [0.05, 0.1) is 0 Å². The van der Waals surface area contributed by atoms with Gasteiger partial charge in [-0.15, -0.1) is 5.10 Å². The van der Waals surface area contributed by atoms with Crippen molar-refractivity contribution < 1.29 is 0 Å². The van der Waals surface area contributed by atoms with Crippen molar-refractivity contribution in [3.8, 4) is 0 Å². The molecule has 1 aromatic carbocycles. The predicted molar refractivity (Wildman–Crippen MR) is 71.1 cm³/mol. The second-order valence-electron chi connectivity index (χ2n) is 4.99. The van der Waals surface area contributed by atoms with Gasteiger partial charge in [0.2, 0.25) is 5.16 Å². The quantitative estimate of drug-likeness (QED) is 0.845. The van der Waals surface area contributed by atoms with E-state index in [9.17, 15) is 0 Å². The predicted octanol–water partition coefficient (Wildman–Crippen LogP) is 3.39. The summed E-state index contributed by atoms with van der Waals surface area (Å²) in [6, 6.07) is 10.4. The van der Waals surface area contributed by atoms with Crippen molar-refractivity contribution in [3.63, 3.8) is 0 Å². The molecular formula is C13H17N3S. The van der Waals surface area contributed by atoms with Gasteiger partial charge in [0.1, 0.15) is 5.82 Å². The van der Waals surface area contributed by atoms with E-state index in [1.807, 2.05) is 6.07 Å². The molecule has 0 atom stereocenters. The van der Waals surface area contributed by atoms with Gasteiger partial charge in [-0.2, -0.15) is 0 Å². The second-order valence-corrected chi connectivity index (χ2v) is 5.93. The maximum Gasteiger partial charge on any atom is 0.208 e. The zero-order valence-corrected chi connectivity index (χ0v) is 11.2. The van der Waals surface area contributed by atoms with Gasteiger partial charge in [-0.05, 0) is 5.56 Å². The molecule has 0 unspecified atom stereocenters. The number of rotatable bonds is 3. The molecule has 0 amide bonds. The van der Waals surface area contributed by atoms with Crippen LogP contribution >= 0.6 is 11.8 Å². The summed E-state index contributed by atoms with van der Waals surface area (Å²) in [5.74, 6) is 1.84. The van der Waals surface area contributed by atoms with E-state index >= 15 is 0 Å². The van der Waals surface area contributed by atoms with E-state index in [0.717, 1.165) is 16.7 Å². The van der Waals surface area contributed by atoms with Gasteiger partial charge >= 0.3 is 0 Å². The normalized spacial score (nSPS) is 11.7. The summed E-state index contributed by atoms with van der Waals surface area (Å²) >= 11 is 1.66. The minimum Gasteiger partial charge on any atom is -0.262 e. The first-order chi connectivity index (χ1) is 8.05. The molecule has 2 rings (SSSR count). The van der Waals surface area contributed by atoms with Crippen LogP contribution in [0.2, 0.25) is 0 Å². The fraction of sp³-hybridized carbons (Fsp3) is 0.385. The Bertz CT molecular complexity index is 471. The van der Waals surface area contributed by atoms with Crippen molar-refractivity contribution >= 4 is 11.8 Å². The standard InChI is InChI=1S/C13H17N3S/c1-13(2,3)11-14-12(16-15-11)17-9-10-7-5-4-6-8-10/h4-8H,9H2,1-3H3,(H,14,15,16). The lowest BCUT2D eigenvalue weighted by Crippen LogP contribution is -2.13. The summed E-state index contributed by atoms with van der Waals surface area (Å²) in [5.41, 5.74) is 1.32. The van der Waals surface area contributed by atoms with Gasteiger partial charge in [-0.3, -0.25) is 5.10 Å². The Morgan fingerprint density at radius 1 is 1.18 bits per heavy atom. The lowest BCUT2D eigenvalue weighted by Gasteiger charge is -2.12. The van der Waals surface area contributed by atoms with Crippen LogP contribution in [0.25, 0.3) is 0 Å². The number of thioether (sulfide) groups is 1. The number of aromatic nitrogens is 3. The van der Waals surface area contributed by atoms with Gasteiger partial charge in [0.25, 0.3) is 0 Å². The fourth-order valence-corrected chi connectivity index (χ4v) is 2.12. The number of benzene rings is 1. The summed E-state index contributed by atoms with van der Waals surface area (Å²) in [6.45, 7) is 6.37. The third-order valence-corrected chi connectivity index (χ3v) is 3.30. The smallest absolute Gasteiger partial charge is 0.208 e. The number of hydrogen-bond donors (Lipinski definition) is 1. The van der Waals surface area contributed by atoms with Crippen LogP contribution in [-0.4, -0.2) is 15.2 Å². The van der Waals surface area contributed by atoms with Crippen molar-refractivity contribution in [2.75, 3.05) is 0 Å². The number of aromatic amines is 1. The highest BCUT2D eigenvalue weighted by atomic mass is 32.2. The molecule has 1 heterocycles. The van der Waals surface area contributed by atoms with Crippen LogP contribution in [0.4, 0.5) is 0 Å². The molecule has 4 heteroatoms. The molecule has 0 spiro atoms. The molecule has 90 valence electrons. The summed E-state index contributed by atoms with van der Waals surface area (Å²) in [4.78, 5) is 4.49. The molecule has 3 nitrogen and oxygen atoms in total. The molecule has 1 aromatic heterocycles. The van der Waals surface area contributed by atoms with Crippen LogP contribution in [0.5, 0.6) is 0 Å². The van der Waals surface area contributed by atoms with E-state index in [-0.39, 0.29) is 5.41 Å². The first-order valence-electron chi connectivity index (χ1n) is 5.65. The lowest BCUT2D eigenvalue weighted by molar-refractivity contribution is 0.547. The van der Waals surface area contributed by atoms with E-state index in [2.05, 4.69) is 60.2 Å². The van der Waals surface area contributed by atoms with E-state index in [4.69, 9.17) is 0 Å². The van der Waals surface area contributed by atoms with Crippen LogP contribution in [0.15, 0.2) is 35.5 Å². The molecule has 0 saturated carbocycles. The van der Waals surface area contributed by atoms with Gasteiger partial charge in [-0.1, -0.05) is 62.9 Å². The molecule has 0 fully saturated rings. The van der Waals surface area contributed by atoms with E-state index < -0.39 is 0 Å². The Hall–Kier alpha value is -1.29. The molecule has 0 aliphatic heterocycles. The molecule has 0 aliphatic carbocycles. The molecule has 0 aliphatic rings. The third-order valence-electron chi connectivity index (χ3n) is 2.39. The topological polar surface area (TPSA) is 41.6 Å². The first-order valence-corrected chi connectivity index (χ1v) is 6.64. The first kappa shape index (κ1) is 12.2. The van der Waals surface area contributed by atoms with Gasteiger partial charge in [0, 0.05) is 11.2 Å². The number of H-pyrrole nitrogens is 1. The maximum absolute atomic E-state index is 4.49. The molecule has 17 heavy (non-hydrogen) atoms. The van der Waals surface area contributed by atoms with E-state index in [1.54, 1.807) is 11.8 Å². The number of nitrogens with zero attached hydrogens (tertiary/aromatic N) is 2. The average molecular weight is 247 g/mol. The zero-order chi connectivity index (χ0) is 12.3. The van der Waals surface area contributed by atoms with Crippen LogP contribution in [0.3, 0.4) is 0 Å². The summed E-state index contributed by atoms with van der Waals surface area (Å²) in [6.07, 6.45) is 0. The van der Waals surface area contributed by atoms with Crippen LogP contribution in [0, 0.1) is 0 Å². The Morgan fingerprint density at radius 2 is 1.88 bits per heavy atom. The van der Waals surface area contributed by atoms with Crippen LogP contribution in [0.1, 0.15) is 32.2 Å². The maximum atomic E-state index is 4.49. The highest BCUT2D eigenvalue weighted by Gasteiger charge is 2.18. The summed E-state index contributed by atoms with van der Waals surface area (Å²) < 4.78 is 0. The molecule has 0 bridgehead atoms. The Balaban J connectivity index is 1.99. The van der Waals surface area contributed by atoms with E-state index in [1.165, 1.54) is 5.56 Å². The molecular weight excluding hydrogens is 230 g/mol. The Labute approximate surface area is 106 Å². The second kappa shape index (κ2) is 4.92. The molecule has 2 aromatic rings. The summed E-state index contributed by atoms with van der Waals surface area (Å²) in [7, 11) is 0. The van der Waals surface area contributed by atoms with Crippen molar-refractivity contribution in [2.45, 2.75) is 37.1 Å². The van der Waals surface area contributed by atoms with Gasteiger partial charge in [0.15, 0.2) is 0 Å². The minimum absolute atomic E-state index is 0.0263. The van der Waals surface area contributed by atoms with Crippen LogP contribution in [-0.2, 0) is 11.2 Å². The SMILES string of the molecule is CC(C)(C)c1nc(SCc2ccccc2)n[nH]1. The highest BCUT2D eigenvalue weighted by Crippen LogP contribution is 2.23. The fourth-order valence-electron chi connectivity index (χ4n) is 1.37. The molecule has 0 radical (unpaired) electrons. The Kier molecular flexibility index (Phi) is 3.52. The third kappa shape index (κ3) is 3.33. The average Bonchev–Trinajstić information content (AvgIpc) is 2.76. The lowest BCUT2D eigenvalue weighted by atomic mass is 9.96. The largest absolute Gasteiger partial charge is 0.262 e. The van der Waals surface area contributed by atoms with Crippen molar-refractivity contribution in [1.82, 2.24) is 15.2 Å². The monoisotopic (exact) mass is 247 g/mol. The molecule has 0 saturated heterocycles. The van der Waals surface area contributed by atoms with Gasteiger partial charge < -0.3 is 0 Å². The van der Waals surface area contributed by atoms with Crippen molar-refractivity contribution in [3.05, 3.63) is 41.7 Å².